The van der Waals surface area contributed by atoms with E-state index in [1.807, 2.05) is 30.3 Å². The van der Waals surface area contributed by atoms with E-state index in [1.165, 1.54) is 10.9 Å². The summed E-state index contributed by atoms with van der Waals surface area (Å²) in [6.07, 6.45) is 6.68. The van der Waals surface area contributed by atoms with Crippen LogP contribution in [0.2, 0.25) is 0 Å². The van der Waals surface area contributed by atoms with Gasteiger partial charge in [-0.15, -0.1) is 0 Å². The third-order valence-corrected chi connectivity index (χ3v) is 4.14. The molecule has 0 spiro atoms. The summed E-state index contributed by atoms with van der Waals surface area (Å²) in [5, 5.41) is 5.48. The zero-order chi connectivity index (χ0) is 17.8. The minimum Gasteiger partial charge on any atom is -0.488 e. The normalized spacial score (nSPS) is 10.7. The molecule has 2 heterocycles. The molecule has 0 radical (unpaired) electrons. The number of nitrogens with one attached hydrogen (secondary N) is 1. The molecule has 4 rings (SSSR count). The van der Waals surface area contributed by atoms with E-state index in [9.17, 15) is 0 Å². The highest BCUT2D eigenvalue weighted by Gasteiger charge is 2.05. The highest BCUT2D eigenvalue weighted by molar-refractivity contribution is 5.90. The van der Waals surface area contributed by atoms with Gasteiger partial charge in [-0.3, -0.25) is 4.98 Å². The summed E-state index contributed by atoms with van der Waals surface area (Å²) in [5.74, 6) is 2.24. The lowest BCUT2D eigenvalue weighted by molar-refractivity contribution is 0.310. The molecule has 5 nitrogen and oxygen atoms in total. The fourth-order valence-electron chi connectivity index (χ4n) is 2.84. The van der Waals surface area contributed by atoms with Crippen molar-refractivity contribution in [2.24, 2.45) is 0 Å². The molecular weight excluding hydrogens is 324 g/mol. The van der Waals surface area contributed by atoms with Crippen LogP contribution < -0.4 is 10.1 Å². The van der Waals surface area contributed by atoms with Crippen molar-refractivity contribution in [1.29, 1.82) is 0 Å². The molecule has 0 saturated carbocycles. The van der Waals surface area contributed by atoms with Gasteiger partial charge in [0.2, 0.25) is 0 Å². The number of nitrogens with zero attached hydrogens (tertiary/aromatic N) is 3. The summed E-state index contributed by atoms with van der Waals surface area (Å²) < 4.78 is 6.08. The van der Waals surface area contributed by atoms with Gasteiger partial charge in [-0.05, 0) is 41.6 Å². The highest BCUT2D eigenvalue weighted by Crippen LogP contribution is 2.28. The second-order valence-electron chi connectivity index (χ2n) is 5.98. The van der Waals surface area contributed by atoms with Crippen LogP contribution in [0.1, 0.15) is 11.1 Å². The molecule has 0 unspecified atom stereocenters. The molecule has 26 heavy (non-hydrogen) atoms. The molecule has 1 N–H and O–H groups in total. The van der Waals surface area contributed by atoms with Crippen molar-refractivity contribution in [3.63, 3.8) is 0 Å². The van der Waals surface area contributed by atoms with Gasteiger partial charge in [-0.2, -0.15) is 0 Å². The van der Waals surface area contributed by atoms with E-state index in [-0.39, 0.29) is 0 Å². The van der Waals surface area contributed by atoms with Crippen molar-refractivity contribution < 1.29 is 4.74 Å². The molecule has 0 fully saturated rings. The Morgan fingerprint density at radius 3 is 2.58 bits per heavy atom. The first-order chi connectivity index (χ1) is 12.8. The van der Waals surface area contributed by atoms with Gasteiger partial charge < -0.3 is 10.1 Å². The van der Waals surface area contributed by atoms with E-state index in [4.69, 9.17) is 4.74 Å². The largest absolute Gasteiger partial charge is 0.488 e. The van der Waals surface area contributed by atoms with Gasteiger partial charge in [0, 0.05) is 24.0 Å². The molecule has 0 aliphatic heterocycles. The SMILES string of the molecule is Cc1ccc(OCc2ccnc(Nc3cnccn3)c2)c2ccccc12. The van der Waals surface area contributed by atoms with Crippen LogP contribution in [-0.4, -0.2) is 15.0 Å². The molecule has 0 aliphatic carbocycles. The Bertz CT molecular complexity index is 1030. The molecular formula is C21H18N4O. The van der Waals surface area contributed by atoms with Crippen LogP contribution in [0.15, 0.2) is 73.3 Å². The summed E-state index contributed by atoms with van der Waals surface area (Å²) in [6.45, 7) is 2.57. The number of hydrogen-bond donors (Lipinski definition) is 1. The fourth-order valence-corrected chi connectivity index (χ4v) is 2.84. The standard InChI is InChI=1S/C21H18N4O/c1-15-6-7-19(18-5-3-2-4-17(15)18)26-14-16-8-9-23-20(12-16)25-21-13-22-10-11-24-21/h2-13H,14H2,1H3,(H,23,24,25). The summed E-state index contributed by atoms with van der Waals surface area (Å²) >= 11 is 0. The van der Waals surface area contributed by atoms with Crippen LogP contribution in [0.3, 0.4) is 0 Å². The minimum atomic E-state index is 0.463. The van der Waals surface area contributed by atoms with Crippen molar-refractivity contribution in [1.82, 2.24) is 15.0 Å². The monoisotopic (exact) mass is 342 g/mol. The third kappa shape index (κ3) is 3.47. The van der Waals surface area contributed by atoms with Crippen LogP contribution in [-0.2, 0) is 6.61 Å². The van der Waals surface area contributed by atoms with Gasteiger partial charge in [-0.1, -0.05) is 30.3 Å². The second-order valence-corrected chi connectivity index (χ2v) is 5.98. The van der Waals surface area contributed by atoms with E-state index in [0.717, 1.165) is 16.7 Å². The first kappa shape index (κ1) is 16.0. The Morgan fingerprint density at radius 2 is 1.73 bits per heavy atom. The zero-order valence-corrected chi connectivity index (χ0v) is 14.4. The number of hydrogen-bond acceptors (Lipinski definition) is 5. The lowest BCUT2D eigenvalue weighted by Crippen LogP contribution is -2.00. The molecule has 0 aliphatic rings. The lowest BCUT2D eigenvalue weighted by atomic mass is 10.0. The Hall–Kier alpha value is -3.47. The smallest absolute Gasteiger partial charge is 0.150 e. The summed E-state index contributed by atoms with van der Waals surface area (Å²) in [5.41, 5.74) is 2.27. The molecule has 5 heteroatoms. The molecule has 4 aromatic rings. The first-order valence-electron chi connectivity index (χ1n) is 8.39. The van der Waals surface area contributed by atoms with Crippen LogP contribution in [0.25, 0.3) is 10.8 Å². The first-order valence-corrected chi connectivity index (χ1v) is 8.39. The zero-order valence-electron chi connectivity index (χ0n) is 14.4. The van der Waals surface area contributed by atoms with Gasteiger partial charge in [0.05, 0.1) is 6.20 Å². The van der Waals surface area contributed by atoms with Gasteiger partial charge >= 0.3 is 0 Å². The van der Waals surface area contributed by atoms with Crippen molar-refractivity contribution in [3.05, 3.63) is 84.4 Å². The number of ether oxygens (including phenoxy) is 1. The van der Waals surface area contributed by atoms with Gasteiger partial charge in [0.15, 0.2) is 0 Å². The maximum absolute atomic E-state index is 6.08. The van der Waals surface area contributed by atoms with Crippen LogP contribution in [0, 0.1) is 6.92 Å². The van der Waals surface area contributed by atoms with Crippen LogP contribution in [0.5, 0.6) is 5.75 Å². The molecule has 2 aromatic heterocycles. The molecule has 0 saturated heterocycles. The number of aryl methyl sites for hydroxylation is 1. The maximum Gasteiger partial charge on any atom is 0.150 e. The van der Waals surface area contributed by atoms with Crippen molar-refractivity contribution in [3.8, 4) is 5.75 Å². The second kappa shape index (κ2) is 7.19. The van der Waals surface area contributed by atoms with E-state index in [0.29, 0.717) is 18.2 Å². The average molecular weight is 342 g/mol. The number of aromatic nitrogens is 3. The van der Waals surface area contributed by atoms with E-state index in [2.05, 4.69) is 45.4 Å². The summed E-state index contributed by atoms with van der Waals surface area (Å²) in [6, 6.07) is 16.3. The number of pyridine rings is 1. The van der Waals surface area contributed by atoms with E-state index in [1.54, 1.807) is 24.8 Å². The Morgan fingerprint density at radius 1 is 0.885 bits per heavy atom. The quantitative estimate of drug-likeness (QED) is 0.572. The van der Waals surface area contributed by atoms with Gasteiger partial charge in [0.25, 0.3) is 0 Å². The molecule has 0 atom stereocenters. The van der Waals surface area contributed by atoms with Crippen LogP contribution >= 0.6 is 0 Å². The molecule has 2 aromatic carbocycles. The number of anilines is 2. The Labute approximate surface area is 151 Å². The highest BCUT2D eigenvalue weighted by atomic mass is 16.5. The van der Waals surface area contributed by atoms with E-state index >= 15 is 0 Å². The fraction of sp³-hybridized carbons (Fsp3) is 0.0952. The van der Waals surface area contributed by atoms with Gasteiger partial charge in [0.1, 0.15) is 24.0 Å². The van der Waals surface area contributed by atoms with Crippen molar-refractivity contribution in [2.75, 3.05) is 5.32 Å². The van der Waals surface area contributed by atoms with Crippen molar-refractivity contribution in [2.45, 2.75) is 13.5 Å². The molecule has 0 amide bonds. The summed E-state index contributed by atoms with van der Waals surface area (Å²) in [7, 11) is 0. The third-order valence-electron chi connectivity index (χ3n) is 4.14. The molecule has 128 valence electrons. The van der Waals surface area contributed by atoms with Gasteiger partial charge in [-0.25, -0.2) is 9.97 Å². The number of fused-ring (bicyclic) bond motifs is 1. The predicted octanol–water partition coefficient (Wildman–Crippen LogP) is 4.66. The van der Waals surface area contributed by atoms with Crippen molar-refractivity contribution >= 4 is 22.4 Å². The lowest BCUT2D eigenvalue weighted by Gasteiger charge is -2.12. The predicted molar refractivity (Wildman–Crippen MR) is 103 cm³/mol. The minimum absolute atomic E-state index is 0.463. The molecule has 0 bridgehead atoms. The average Bonchev–Trinajstić information content (AvgIpc) is 2.69. The Kier molecular flexibility index (Phi) is 4.43. The number of rotatable bonds is 5. The topological polar surface area (TPSA) is 59.9 Å². The van der Waals surface area contributed by atoms with E-state index < -0.39 is 0 Å². The summed E-state index contributed by atoms with van der Waals surface area (Å²) in [4.78, 5) is 12.5. The van der Waals surface area contributed by atoms with Crippen LogP contribution in [0.4, 0.5) is 11.6 Å². The maximum atomic E-state index is 6.08. The number of benzene rings is 2. The Balaban J connectivity index is 1.52.